The molecule has 1 heterocycles. The summed E-state index contributed by atoms with van der Waals surface area (Å²) >= 11 is 0. The standard InChI is InChI=1S/C22H27NO5/c1-13(2)23(14(3)4)21(25)16(6)27-22(26)20-12-11-19(28-20)18-9-7-17(8-10-18)15(5)24/h7-14,16H,1-6H3/t16-/m0/s1. The fourth-order valence-electron chi connectivity index (χ4n) is 3.06. The molecule has 1 atom stereocenters. The molecule has 0 aliphatic carbocycles. The number of hydrogen-bond donors (Lipinski definition) is 0. The molecule has 1 aromatic carbocycles. The highest BCUT2D eigenvalue weighted by Gasteiger charge is 2.28. The van der Waals surface area contributed by atoms with Gasteiger partial charge in [-0.25, -0.2) is 4.79 Å². The van der Waals surface area contributed by atoms with E-state index in [4.69, 9.17) is 9.15 Å². The van der Waals surface area contributed by atoms with E-state index in [0.717, 1.165) is 5.56 Å². The Labute approximate surface area is 165 Å². The molecule has 6 heteroatoms. The zero-order valence-electron chi connectivity index (χ0n) is 17.2. The lowest BCUT2D eigenvalue weighted by molar-refractivity contribution is -0.143. The molecule has 2 aromatic rings. The Kier molecular flexibility index (Phi) is 6.78. The van der Waals surface area contributed by atoms with Gasteiger partial charge in [-0.15, -0.1) is 0 Å². The van der Waals surface area contributed by atoms with Gasteiger partial charge in [0.15, 0.2) is 11.9 Å². The highest BCUT2D eigenvalue weighted by Crippen LogP contribution is 2.23. The maximum absolute atomic E-state index is 12.6. The largest absolute Gasteiger partial charge is 0.449 e. The van der Waals surface area contributed by atoms with Gasteiger partial charge in [0.05, 0.1) is 0 Å². The predicted octanol–water partition coefficient (Wildman–Crippen LogP) is 4.34. The molecule has 0 aliphatic rings. The number of amides is 1. The van der Waals surface area contributed by atoms with Crippen LogP contribution >= 0.6 is 0 Å². The zero-order valence-corrected chi connectivity index (χ0v) is 17.2. The second-order valence-electron chi connectivity index (χ2n) is 7.28. The van der Waals surface area contributed by atoms with Crippen molar-refractivity contribution in [3.8, 4) is 11.3 Å². The zero-order chi connectivity index (χ0) is 21.0. The van der Waals surface area contributed by atoms with Crippen molar-refractivity contribution >= 4 is 17.7 Å². The number of Topliss-reactive ketones (excluding diaryl/α,β-unsaturated/α-hetero) is 1. The van der Waals surface area contributed by atoms with Crippen molar-refractivity contribution in [1.82, 2.24) is 4.90 Å². The fourth-order valence-corrected chi connectivity index (χ4v) is 3.06. The monoisotopic (exact) mass is 385 g/mol. The Bertz CT molecular complexity index is 840. The first-order valence-electron chi connectivity index (χ1n) is 9.36. The fraction of sp³-hybridized carbons (Fsp3) is 0.409. The van der Waals surface area contributed by atoms with Crippen LogP contribution in [0.5, 0.6) is 0 Å². The quantitative estimate of drug-likeness (QED) is 0.523. The minimum Gasteiger partial charge on any atom is -0.449 e. The molecular weight excluding hydrogens is 358 g/mol. The normalized spacial score (nSPS) is 12.1. The third-order valence-corrected chi connectivity index (χ3v) is 4.38. The molecule has 0 bridgehead atoms. The van der Waals surface area contributed by atoms with Crippen LogP contribution in [0.25, 0.3) is 11.3 Å². The van der Waals surface area contributed by atoms with E-state index in [9.17, 15) is 14.4 Å². The van der Waals surface area contributed by atoms with Crippen LogP contribution in [0.1, 0.15) is 62.5 Å². The van der Waals surface area contributed by atoms with Crippen LogP contribution < -0.4 is 0 Å². The lowest BCUT2D eigenvalue weighted by Gasteiger charge is -2.32. The van der Waals surface area contributed by atoms with Gasteiger partial charge >= 0.3 is 5.97 Å². The molecule has 28 heavy (non-hydrogen) atoms. The maximum Gasteiger partial charge on any atom is 0.375 e. The van der Waals surface area contributed by atoms with E-state index < -0.39 is 12.1 Å². The molecule has 0 saturated carbocycles. The number of furan rings is 1. The minimum atomic E-state index is -0.916. The summed E-state index contributed by atoms with van der Waals surface area (Å²) in [6.07, 6.45) is -0.916. The van der Waals surface area contributed by atoms with Gasteiger partial charge in [-0.1, -0.05) is 24.3 Å². The number of carbonyl (C=O) groups is 3. The second kappa shape index (κ2) is 8.87. The van der Waals surface area contributed by atoms with E-state index in [0.29, 0.717) is 11.3 Å². The van der Waals surface area contributed by atoms with E-state index in [2.05, 4.69) is 0 Å². The van der Waals surface area contributed by atoms with Crippen LogP contribution in [0.2, 0.25) is 0 Å². The van der Waals surface area contributed by atoms with Crippen molar-refractivity contribution in [2.75, 3.05) is 0 Å². The number of ketones is 1. The number of hydrogen-bond acceptors (Lipinski definition) is 5. The summed E-state index contributed by atoms with van der Waals surface area (Å²) in [4.78, 5) is 38.0. The van der Waals surface area contributed by atoms with Crippen LogP contribution in [0.15, 0.2) is 40.8 Å². The van der Waals surface area contributed by atoms with E-state index >= 15 is 0 Å². The molecule has 1 amide bonds. The number of benzene rings is 1. The van der Waals surface area contributed by atoms with Crippen LogP contribution in [0.4, 0.5) is 0 Å². The number of esters is 1. The van der Waals surface area contributed by atoms with E-state index in [1.165, 1.54) is 13.0 Å². The topological polar surface area (TPSA) is 76.8 Å². The third kappa shape index (κ3) is 4.88. The number of ether oxygens (including phenoxy) is 1. The lowest BCUT2D eigenvalue weighted by Crippen LogP contribution is -2.47. The summed E-state index contributed by atoms with van der Waals surface area (Å²) in [7, 11) is 0. The molecule has 0 unspecified atom stereocenters. The average Bonchev–Trinajstić information content (AvgIpc) is 3.11. The van der Waals surface area contributed by atoms with E-state index in [1.54, 1.807) is 42.2 Å². The molecule has 150 valence electrons. The first-order valence-corrected chi connectivity index (χ1v) is 9.36. The number of nitrogens with zero attached hydrogens (tertiary/aromatic N) is 1. The summed E-state index contributed by atoms with van der Waals surface area (Å²) < 4.78 is 10.9. The molecule has 0 saturated heterocycles. The molecule has 1 aromatic heterocycles. The van der Waals surface area contributed by atoms with Gasteiger partial charge < -0.3 is 14.1 Å². The van der Waals surface area contributed by atoms with Gasteiger partial charge in [-0.05, 0) is 53.7 Å². The SMILES string of the molecule is CC(=O)c1ccc(-c2ccc(C(=O)O[C@@H](C)C(=O)N(C(C)C)C(C)C)o2)cc1. The van der Waals surface area contributed by atoms with Gasteiger partial charge in [0.1, 0.15) is 5.76 Å². The van der Waals surface area contributed by atoms with E-state index in [-0.39, 0.29) is 29.5 Å². The summed E-state index contributed by atoms with van der Waals surface area (Å²) in [6, 6.07) is 10.1. The Morgan fingerprint density at radius 1 is 0.893 bits per heavy atom. The van der Waals surface area contributed by atoms with Gasteiger partial charge in [-0.3, -0.25) is 9.59 Å². The molecule has 2 rings (SSSR count). The molecule has 0 radical (unpaired) electrons. The van der Waals surface area contributed by atoms with Crippen molar-refractivity contribution in [2.24, 2.45) is 0 Å². The Balaban J connectivity index is 2.09. The van der Waals surface area contributed by atoms with Crippen LogP contribution in [0.3, 0.4) is 0 Å². The molecule has 0 spiro atoms. The smallest absolute Gasteiger partial charge is 0.375 e. The van der Waals surface area contributed by atoms with Crippen LogP contribution in [0, 0.1) is 0 Å². The molecule has 0 aliphatic heterocycles. The lowest BCUT2D eigenvalue weighted by atomic mass is 10.1. The Morgan fingerprint density at radius 2 is 1.46 bits per heavy atom. The highest BCUT2D eigenvalue weighted by atomic mass is 16.6. The molecular formula is C22H27NO5. The summed E-state index contributed by atoms with van der Waals surface area (Å²) in [5.74, 6) is -0.464. The third-order valence-electron chi connectivity index (χ3n) is 4.38. The highest BCUT2D eigenvalue weighted by molar-refractivity contribution is 5.94. The average molecular weight is 385 g/mol. The van der Waals surface area contributed by atoms with Crippen molar-refractivity contribution in [1.29, 1.82) is 0 Å². The van der Waals surface area contributed by atoms with Crippen LogP contribution in [-0.2, 0) is 9.53 Å². The Hall–Kier alpha value is -2.89. The van der Waals surface area contributed by atoms with Crippen molar-refractivity contribution in [3.63, 3.8) is 0 Å². The summed E-state index contributed by atoms with van der Waals surface area (Å²) in [6.45, 7) is 10.7. The molecule has 0 N–H and O–H groups in total. The second-order valence-corrected chi connectivity index (χ2v) is 7.28. The van der Waals surface area contributed by atoms with Gasteiger partial charge in [0, 0.05) is 23.2 Å². The summed E-state index contributed by atoms with van der Waals surface area (Å²) in [5, 5.41) is 0. The van der Waals surface area contributed by atoms with Crippen molar-refractivity contribution < 1.29 is 23.5 Å². The van der Waals surface area contributed by atoms with Gasteiger partial charge in [-0.2, -0.15) is 0 Å². The summed E-state index contributed by atoms with van der Waals surface area (Å²) in [5.41, 5.74) is 1.33. The first kappa shape index (κ1) is 21.4. The molecule has 6 nitrogen and oxygen atoms in total. The maximum atomic E-state index is 12.6. The van der Waals surface area contributed by atoms with Gasteiger partial charge in [0.25, 0.3) is 5.91 Å². The van der Waals surface area contributed by atoms with Gasteiger partial charge in [0.2, 0.25) is 5.76 Å². The Morgan fingerprint density at radius 3 is 1.96 bits per heavy atom. The molecule has 0 fully saturated rings. The minimum absolute atomic E-state index is 0.00171. The van der Waals surface area contributed by atoms with Crippen molar-refractivity contribution in [3.05, 3.63) is 47.7 Å². The number of carbonyl (C=O) groups excluding carboxylic acids is 3. The first-order chi connectivity index (χ1) is 13.1. The number of rotatable bonds is 7. The van der Waals surface area contributed by atoms with Crippen LogP contribution in [-0.4, -0.2) is 40.7 Å². The van der Waals surface area contributed by atoms with Crippen molar-refractivity contribution in [2.45, 2.75) is 59.7 Å². The van der Waals surface area contributed by atoms with E-state index in [1.807, 2.05) is 27.7 Å². The predicted molar refractivity (Wildman–Crippen MR) is 106 cm³/mol.